The number of ether oxygens (including phenoxy) is 1. The Labute approximate surface area is 116 Å². The Morgan fingerprint density at radius 3 is 2.55 bits per heavy atom. The molecular weight excluding hydrogens is 260 g/mol. The number of methoxy groups -OCH3 is 1. The summed E-state index contributed by atoms with van der Waals surface area (Å²) in [7, 11) is 1.29. The second-order valence-corrected chi connectivity index (χ2v) is 4.83. The van der Waals surface area contributed by atoms with E-state index in [9.17, 15) is 20.2 Å². The number of nitriles is 1. The fourth-order valence-electron chi connectivity index (χ4n) is 2.81. The van der Waals surface area contributed by atoms with Crippen molar-refractivity contribution >= 4 is 5.78 Å². The summed E-state index contributed by atoms with van der Waals surface area (Å²) >= 11 is 0. The molecule has 1 aliphatic rings. The fraction of sp³-hybridized carbons (Fsp3) is 0.429. The molecule has 1 aromatic rings. The number of benzene rings is 1. The molecule has 0 amide bonds. The number of ketones is 1. The lowest BCUT2D eigenvalue weighted by Crippen LogP contribution is -2.57. The molecule has 104 valence electrons. The highest BCUT2D eigenvalue weighted by Crippen LogP contribution is 2.42. The Balaban J connectivity index is 2.58. The van der Waals surface area contributed by atoms with Crippen molar-refractivity contribution in [3.63, 3.8) is 0 Å². The summed E-state index contributed by atoms with van der Waals surface area (Å²) < 4.78 is 5.10. The Hall–Kier alpha value is -2.26. The summed E-state index contributed by atoms with van der Waals surface area (Å²) in [5, 5.41) is 21.0. The molecule has 3 atom stereocenters. The molecule has 6 heteroatoms. The van der Waals surface area contributed by atoms with Gasteiger partial charge in [0.05, 0.1) is 5.92 Å². The zero-order valence-corrected chi connectivity index (χ0v) is 11.0. The van der Waals surface area contributed by atoms with Crippen LogP contribution in [-0.4, -0.2) is 29.5 Å². The van der Waals surface area contributed by atoms with Gasteiger partial charge in [0.25, 0.3) is 0 Å². The van der Waals surface area contributed by atoms with Gasteiger partial charge in [0.15, 0.2) is 6.07 Å². The molecule has 0 saturated heterocycles. The van der Waals surface area contributed by atoms with Crippen LogP contribution in [0.3, 0.4) is 0 Å². The van der Waals surface area contributed by atoms with Crippen LogP contribution in [0.5, 0.6) is 0 Å². The first kappa shape index (κ1) is 14.2. The average Bonchev–Trinajstić information content (AvgIpc) is 2.47. The second-order valence-electron chi connectivity index (χ2n) is 4.83. The van der Waals surface area contributed by atoms with Crippen molar-refractivity contribution < 1.29 is 14.5 Å². The molecule has 1 saturated carbocycles. The summed E-state index contributed by atoms with van der Waals surface area (Å²) in [5.74, 6) is -0.923. The number of nitro groups is 1. The van der Waals surface area contributed by atoms with Crippen LogP contribution in [0, 0.1) is 21.4 Å². The minimum absolute atomic E-state index is 0.0155. The van der Waals surface area contributed by atoms with E-state index in [1.807, 2.05) is 6.07 Å². The van der Waals surface area contributed by atoms with Gasteiger partial charge in [-0.2, -0.15) is 5.26 Å². The highest BCUT2D eigenvalue weighted by molar-refractivity contribution is 5.82. The zero-order chi connectivity index (χ0) is 14.8. The zero-order valence-electron chi connectivity index (χ0n) is 11.0. The molecule has 0 spiro atoms. The fourth-order valence-corrected chi connectivity index (χ4v) is 2.81. The number of nitrogens with zero attached hydrogens (tertiary/aromatic N) is 2. The molecule has 0 heterocycles. The number of carbonyl (C=O) groups is 1. The minimum atomic E-state index is -1.93. The van der Waals surface area contributed by atoms with E-state index < -0.39 is 22.5 Å². The monoisotopic (exact) mass is 274 g/mol. The van der Waals surface area contributed by atoms with Crippen molar-refractivity contribution in [1.29, 1.82) is 5.26 Å². The number of rotatable bonds is 3. The van der Waals surface area contributed by atoms with Crippen molar-refractivity contribution in [3.8, 4) is 6.07 Å². The molecule has 6 nitrogen and oxygen atoms in total. The van der Waals surface area contributed by atoms with Gasteiger partial charge in [-0.15, -0.1) is 0 Å². The summed E-state index contributed by atoms with van der Waals surface area (Å²) in [6, 6.07) is 10.5. The van der Waals surface area contributed by atoms with Crippen molar-refractivity contribution in [2.45, 2.75) is 30.4 Å². The SMILES string of the molecule is CO[C@@H]1CC(=O)C[C@@H](c2ccccc2)[C@]1(C#N)[N+](=O)[O-]. The van der Waals surface area contributed by atoms with Crippen molar-refractivity contribution in [1.82, 2.24) is 0 Å². The molecule has 2 rings (SSSR count). The van der Waals surface area contributed by atoms with E-state index in [-0.39, 0.29) is 18.6 Å². The number of hydrogen-bond acceptors (Lipinski definition) is 5. The third kappa shape index (κ3) is 2.06. The van der Waals surface area contributed by atoms with E-state index in [4.69, 9.17) is 4.74 Å². The van der Waals surface area contributed by atoms with Crippen LogP contribution in [0.1, 0.15) is 24.3 Å². The highest BCUT2D eigenvalue weighted by atomic mass is 16.6. The normalized spacial score (nSPS) is 29.7. The summed E-state index contributed by atoms with van der Waals surface area (Å²) in [6.45, 7) is 0. The van der Waals surface area contributed by atoms with Crippen LogP contribution in [0.25, 0.3) is 0 Å². The van der Waals surface area contributed by atoms with Crippen LogP contribution in [0.2, 0.25) is 0 Å². The molecule has 1 fully saturated rings. The van der Waals surface area contributed by atoms with Gasteiger partial charge in [0.2, 0.25) is 0 Å². The lowest BCUT2D eigenvalue weighted by atomic mass is 9.68. The number of Topliss-reactive ketones (excluding diaryl/α,β-unsaturated/α-hetero) is 1. The predicted molar refractivity (Wildman–Crippen MR) is 69.6 cm³/mol. The standard InChI is InChI=1S/C14H14N2O4/c1-20-13-8-11(17)7-12(10-5-3-2-4-6-10)14(13,9-15)16(18)19/h2-6,12-13H,7-8H2,1H3/t12-,13+,14-/m0/s1. The van der Waals surface area contributed by atoms with Gasteiger partial charge < -0.3 is 4.74 Å². The molecular formula is C14H14N2O4. The van der Waals surface area contributed by atoms with Gasteiger partial charge in [0.1, 0.15) is 11.9 Å². The van der Waals surface area contributed by atoms with Crippen molar-refractivity contribution in [2.24, 2.45) is 0 Å². The predicted octanol–water partition coefficient (Wildman–Crippen LogP) is 1.69. The van der Waals surface area contributed by atoms with E-state index in [1.165, 1.54) is 7.11 Å². The quantitative estimate of drug-likeness (QED) is 0.617. The molecule has 0 radical (unpaired) electrons. The van der Waals surface area contributed by atoms with Crippen molar-refractivity contribution in [2.75, 3.05) is 7.11 Å². The maximum absolute atomic E-state index is 11.8. The Bertz CT molecular complexity index is 566. The van der Waals surface area contributed by atoms with E-state index in [1.54, 1.807) is 30.3 Å². The molecule has 0 aromatic heterocycles. The third-order valence-corrected chi connectivity index (χ3v) is 3.83. The van der Waals surface area contributed by atoms with Crippen LogP contribution < -0.4 is 0 Å². The average molecular weight is 274 g/mol. The van der Waals surface area contributed by atoms with E-state index in [2.05, 4.69) is 0 Å². The Morgan fingerprint density at radius 2 is 2.05 bits per heavy atom. The van der Waals surface area contributed by atoms with E-state index >= 15 is 0 Å². The highest BCUT2D eigenvalue weighted by Gasteiger charge is 2.62. The van der Waals surface area contributed by atoms with Gasteiger partial charge in [0, 0.05) is 24.9 Å². The van der Waals surface area contributed by atoms with Gasteiger partial charge in [-0.25, -0.2) is 0 Å². The van der Waals surface area contributed by atoms with Crippen LogP contribution in [0.15, 0.2) is 30.3 Å². The Kier molecular flexibility index (Phi) is 3.81. The first-order valence-corrected chi connectivity index (χ1v) is 6.21. The van der Waals surface area contributed by atoms with Crippen molar-refractivity contribution in [3.05, 3.63) is 46.0 Å². The van der Waals surface area contributed by atoms with Gasteiger partial charge in [-0.05, 0) is 5.56 Å². The molecule has 0 bridgehead atoms. The second kappa shape index (κ2) is 5.39. The maximum atomic E-state index is 11.8. The van der Waals surface area contributed by atoms with Gasteiger partial charge >= 0.3 is 5.54 Å². The smallest absolute Gasteiger partial charge is 0.338 e. The summed E-state index contributed by atoms with van der Waals surface area (Å²) in [6.07, 6.45) is -1.15. The topological polar surface area (TPSA) is 93.2 Å². The van der Waals surface area contributed by atoms with Crippen LogP contribution in [0.4, 0.5) is 0 Å². The number of carbonyl (C=O) groups excluding carboxylic acids is 1. The first-order valence-electron chi connectivity index (χ1n) is 6.21. The maximum Gasteiger partial charge on any atom is 0.338 e. The molecule has 0 N–H and O–H groups in total. The van der Waals surface area contributed by atoms with Gasteiger partial charge in [-0.1, -0.05) is 30.3 Å². The summed E-state index contributed by atoms with van der Waals surface area (Å²) in [4.78, 5) is 22.8. The molecule has 20 heavy (non-hydrogen) atoms. The molecule has 0 aliphatic heterocycles. The Morgan fingerprint density at radius 1 is 1.40 bits per heavy atom. The largest absolute Gasteiger partial charge is 0.372 e. The minimum Gasteiger partial charge on any atom is -0.372 e. The van der Waals surface area contributed by atoms with Crippen LogP contribution in [-0.2, 0) is 9.53 Å². The van der Waals surface area contributed by atoms with Crippen LogP contribution >= 0.6 is 0 Å². The molecule has 0 unspecified atom stereocenters. The number of hydrogen-bond donors (Lipinski definition) is 0. The third-order valence-electron chi connectivity index (χ3n) is 3.83. The van der Waals surface area contributed by atoms with E-state index in [0.29, 0.717) is 5.56 Å². The molecule has 1 aromatic carbocycles. The van der Waals surface area contributed by atoms with E-state index in [0.717, 1.165) is 0 Å². The molecule has 1 aliphatic carbocycles. The van der Waals surface area contributed by atoms with Gasteiger partial charge in [-0.3, -0.25) is 14.9 Å². The lowest BCUT2D eigenvalue weighted by Gasteiger charge is -2.36. The lowest BCUT2D eigenvalue weighted by molar-refractivity contribution is -0.571. The summed E-state index contributed by atoms with van der Waals surface area (Å²) in [5.41, 5.74) is -1.31. The first-order chi connectivity index (χ1) is 9.56.